The van der Waals surface area contributed by atoms with Crippen molar-refractivity contribution in [3.8, 4) is 0 Å². The van der Waals surface area contributed by atoms with Crippen LogP contribution in [0.4, 0.5) is 8.78 Å². The number of hydrogen-bond acceptors (Lipinski definition) is 1. The summed E-state index contributed by atoms with van der Waals surface area (Å²) in [4.78, 5) is 0. The first-order chi connectivity index (χ1) is 9.77. The maximum absolute atomic E-state index is 13.8. The van der Waals surface area contributed by atoms with Crippen LogP contribution in [0.15, 0.2) is 18.2 Å². The van der Waals surface area contributed by atoms with Gasteiger partial charge in [0.05, 0.1) is 0 Å². The van der Waals surface area contributed by atoms with Gasteiger partial charge in [0.25, 0.3) is 0 Å². The molecule has 1 aliphatic rings. The standard InChI is InChI=1S/C18H27F2N/c1-4-17(2,3)13-8-10-18(21,11-9-13)12-14-15(19)6-5-7-16(14)20/h5-7,13H,4,8-12,21H2,1-3H3. The molecule has 2 rings (SSSR count). The largest absolute Gasteiger partial charge is 0.325 e. The molecule has 0 radical (unpaired) electrons. The van der Waals surface area contributed by atoms with Crippen LogP contribution in [0.5, 0.6) is 0 Å². The molecule has 1 saturated carbocycles. The third kappa shape index (κ3) is 3.63. The van der Waals surface area contributed by atoms with Gasteiger partial charge in [-0.05, 0) is 55.6 Å². The Morgan fingerprint density at radius 1 is 1.19 bits per heavy atom. The summed E-state index contributed by atoms with van der Waals surface area (Å²) in [6, 6.07) is 4.03. The zero-order valence-electron chi connectivity index (χ0n) is 13.4. The average Bonchev–Trinajstić information content (AvgIpc) is 2.44. The molecule has 0 spiro atoms. The summed E-state index contributed by atoms with van der Waals surface area (Å²) in [6.45, 7) is 6.83. The van der Waals surface area contributed by atoms with Gasteiger partial charge >= 0.3 is 0 Å². The molecule has 0 heterocycles. The number of halogens is 2. The predicted octanol–water partition coefficient (Wildman–Crippen LogP) is 4.83. The van der Waals surface area contributed by atoms with Crippen molar-refractivity contribution in [2.75, 3.05) is 0 Å². The van der Waals surface area contributed by atoms with Gasteiger partial charge in [-0.3, -0.25) is 0 Å². The van der Waals surface area contributed by atoms with Gasteiger partial charge in [0.15, 0.2) is 0 Å². The Hall–Kier alpha value is -0.960. The van der Waals surface area contributed by atoms with Gasteiger partial charge in [0, 0.05) is 11.1 Å². The molecule has 0 atom stereocenters. The Kier molecular flexibility index (Phi) is 4.72. The fourth-order valence-corrected chi connectivity index (χ4v) is 3.49. The van der Waals surface area contributed by atoms with Crippen LogP contribution in [0, 0.1) is 23.0 Å². The second-order valence-electron chi connectivity index (χ2n) is 7.36. The van der Waals surface area contributed by atoms with E-state index in [2.05, 4.69) is 20.8 Å². The van der Waals surface area contributed by atoms with Crippen molar-refractivity contribution in [1.29, 1.82) is 0 Å². The monoisotopic (exact) mass is 295 g/mol. The van der Waals surface area contributed by atoms with Crippen LogP contribution < -0.4 is 5.73 Å². The number of nitrogens with two attached hydrogens (primary N) is 1. The molecular formula is C18H27F2N. The van der Waals surface area contributed by atoms with Crippen molar-refractivity contribution in [2.24, 2.45) is 17.1 Å². The van der Waals surface area contributed by atoms with Crippen molar-refractivity contribution in [3.05, 3.63) is 35.4 Å². The van der Waals surface area contributed by atoms with Crippen molar-refractivity contribution < 1.29 is 8.78 Å². The van der Waals surface area contributed by atoms with Gasteiger partial charge in [-0.2, -0.15) is 0 Å². The maximum Gasteiger partial charge on any atom is 0.129 e. The lowest BCUT2D eigenvalue weighted by Crippen LogP contribution is -2.47. The second-order valence-corrected chi connectivity index (χ2v) is 7.36. The van der Waals surface area contributed by atoms with Crippen molar-refractivity contribution in [2.45, 2.75) is 64.8 Å². The Bertz CT molecular complexity index is 468. The molecular weight excluding hydrogens is 268 g/mol. The second kappa shape index (κ2) is 6.04. The van der Waals surface area contributed by atoms with E-state index in [0.29, 0.717) is 17.8 Å². The van der Waals surface area contributed by atoms with Crippen LogP contribution >= 0.6 is 0 Å². The van der Waals surface area contributed by atoms with Crippen LogP contribution in [0.25, 0.3) is 0 Å². The lowest BCUT2D eigenvalue weighted by Gasteiger charge is -2.43. The van der Waals surface area contributed by atoms with E-state index >= 15 is 0 Å². The summed E-state index contributed by atoms with van der Waals surface area (Å²) in [5.74, 6) is -0.295. The molecule has 0 bridgehead atoms. The molecule has 118 valence electrons. The normalized spacial score (nSPS) is 26.9. The van der Waals surface area contributed by atoms with E-state index in [1.807, 2.05) is 0 Å². The van der Waals surface area contributed by atoms with E-state index in [1.54, 1.807) is 0 Å². The molecule has 1 fully saturated rings. The summed E-state index contributed by atoms with van der Waals surface area (Å²) in [5.41, 5.74) is 6.44. The van der Waals surface area contributed by atoms with Gasteiger partial charge in [0.1, 0.15) is 11.6 Å². The molecule has 21 heavy (non-hydrogen) atoms. The molecule has 0 aromatic heterocycles. The Morgan fingerprint density at radius 3 is 2.19 bits per heavy atom. The number of rotatable bonds is 4. The van der Waals surface area contributed by atoms with Crippen LogP contribution in [0.1, 0.15) is 58.4 Å². The smallest absolute Gasteiger partial charge is 0.129 e. The summed E-state index contributed by atoms with van der Waals surface area (Å²) in [6.07, 6.45) is 5.23. The first kappa shape index (κ1) is 16.4. The predicted molar refractivity (Wildman–Crippen MR) is 83.0 cm³/mol. The van der Waals surface area contributed by atoms with E-state index in [1.165, 1.54) is 18.2 Å². The molecule has 1 aliphatic carbocycles. The fourth-order valence-electron chi connectivity index (χ4n) is 3.49. The molecule has 1 aromatic rings. The van der Waals surface area contributed by atoms with E-state index < -0.39 is 17.2 Å². The van der Waals surface area contributed by atoms with Crippen molar-refractivity contribution in [3.63, 3.8) is 0 Å². The molecule has 0 unspecified atom stereocenters. The maximum atomic E-state index is 13.8. The highest BCUT2D eigenvalue weighted by Crippen LogP contribution is 2.43. The first-order valence-corrected chi connectivity index (χ1v) is 7.99. The lowest BCUT2D eigenvalue weighted by atomic mass is 9.65. The van der Waals surface area contributed by atoms with E-state index in [0.717, 1.165) is 32.1 Å². The van der Waals surface area contributed by atoms with Gasteiger partial charge in [0.2, 0.25) is 0 Å². The van der Waals surface area contributed by atoms with Crippen molar-refractivity contribution in [1.82, 2.24) is 0 Å². The topological polar surface area (TPSA) is 26.0 Å². The molecule has 0 amide bonds. The minimum Gasteiger partial charge on any atom is -0.325 e. The number of benzene rings is 1. The number of hydrogen-bond donors (Lipinski definition) is 1. The Labute approximate surface area is 126 Å². The highest BCUT2D eigenvalue weighted by Gasteiger charge is 2.38. The quantitative estimate of drug-likeness (QED) is 0.845. The Morgan fingerprint density at radius 2 is 1.71 bits per heavy atom. The minimum absolute atomic E-state index is 0.146. The lowest BCUT2D eigenvalue weighted by molar-refractivity contribution is 0.114. The minimum atomic E-state index is -0.476. The first-order valence-electron chi connectivity index (χ1n) is 7.99. The SMILES string of the molecule is CCC(C)(C)C1CCC(N)(Cc2c(F)cccc2F)CC1. The average molecular weight is 295 g/mol. The zero-order chi connectivity index (χ0) is 15.7. The van der Waals surface area contributed by atoms with Crippen LogP contribution in [0.2, 0.25) is 0 Å². The third-order valence-electron chi connectivity index (χ3n) is 5.59. The van der Waals surface area contributed by atoms with Crippen LogP contribution in [-0.2, 0) is 6.42 Å². The van der Waals surface area contributed by atoms with Gasteiger partial charge in [-0.15, -0.1) is 0 Å². The molecule has 0 aliphatic heterocycles. The molecule has 1 nitrogen and oxygen atoms in total. The fraction of sp³-hybridized carbons (Fsp3) is 0.667. The molecule has 2 N–H and O–H groups in total. The molecule has 1 aromatic carbocycles. The van der Waals surface area contributed by atoms with Crippen LogP contribution in [-0.4, -0.2) is 5.54 Å². The van der Waals surface area contributed by atoms with Gasteiger partial charge in [-0.1, -0.05) is 33.3 Å². The summed E-state index contributed by atoms with van der Waals surface area (Å²) in [5, 5.41) is 0. The third-order valence-corrected chi connectivity index (χ3v) is 5.59. The highest BCUT2D eigenvalue weighted by atomic mass is 19.1. The van der Waals surface area contributed by atoms with E-state index in [9.17, 15) is 8.78 Å². The summed E-state index contributed by atoms with van der Waals surface area (Å²) in [7, 11) is 0. The van der Waals surface area contributed by atoms with Gasteiger partial charge in [-0.25, -0.2) is 8.78 Å². The zero-order valence-corrected chi connectivity index (χ0v) is 13.4. The van der Waals surface area contributed by atoms with Crippen LogP contribution in [0.3, 0.4) is 0 Å². The van der Waals surface area contributed by atoms with Gasteiger partial charge < -0.3 is 5.73 Å². The van der Waals surface area contributed by atoms with Crippen molar-refractivity contribution >= 4 is 0 Å². The highest BCUT2D eigenvalue weighted by molar-refractivity contribution is 5.22. The summed E-state index contributed by atoms with van der Waals surface area (Å²) < 4.78 is 27.6. The molecule has 0 saturated heterocycles. The Balaban J connectivity index is 2.06. The summed E-state index contributed by atoms with van der Waals surface area (Å²) >= 11 is 0. The van der Waals surface area contributed by atoms with E-state index in [-0.39, 0.29) is 5.56 Å². The molecule has 3 heteroatoms. The van der Waals surface area contributed by atoms with E-state index in [4.69, 9.17) is 5.73 Å².